The van der Waals surface area contributed by atoms with Crippen molar-refractivity contribution < 1.29 is 4.79 Å². The highest BCUT2D eigenvalue weighted by Crippen LogP contribution is 2.35. The molecule has 0 radical (unpaired) electrons. The van der Waals surface area contributed by atoms with E-state index < -0.39 is 0 Å². The molecule has 1 aliphatic heterocycles. The molecule has 6 nitrogen and oxygen atoms in total. The summed E-state index contributed by atoms with van der Waals surface area (Å²) in [5, 5.41) is 3.97. The van der Waals surface area contributed by atoms with Crippen molar-refractivity contribution in [2.45, 2.75) is 45.4 Å². The van der Waals surface area contributed by atoms with Crippen molar-refractivity contribution >= 4 is 27.5 Å². The van der Waals surface area contributed by atoms with Crippen LogP contribution in [-0.4, -0.2) is 47.5 Å². The number of likely N-dealkylation sites (tertiary alicyclic amines) is 1. The first-order chi connectivity index (χ1) is 13.0. The minimum atomic E-state index is -0.0373. The highest BCUT2D eigenvalue weighted by Gasteiger charge is 2.26. The number of carbonyl (C=O) groups excluding carboxylic acids is 1. The maximum Gasteiger partial charge on any atom is 0.259 e. The summed E-state index contributed by atoms with van der Waals surface area (Å²) in [6.45, 7) is 4.89. The average molecular weight is 389 g/mol. The molecular weight excluding hydrogens is 360 g/mol. The van der Waals surface area contributed by atoms with Crippen molar-refractivity contribution in [3.63, 3.8) is 0 Å². The van der Waals surface area contributed by atoms with Crippen LogP contribution in [-0.2, 0) is 24.1 Å². The number of fused-ring (bicyclic) bond motifs is 3. The van der Waals surface area contributed by atoms with E-state index in [1.165, 1.54) is 10.4 Å². The van der Waals surface area contributed by atoms with Crippen molar-refractivity contribution in [2.24, 2.45) is 11.8 Å². The number of nitrogens with one attached hydrogen (secondary N) is 2. The van der Waals surface area contributed by atoms with Crippen LogP contribution < -0.4 is 10.9 Å². The smallest absolute Gasteiger partial charge is 0.259 e. The normalized spacial score (nSPS) is 22.4. The molecule has 0 aromatic carbocycles. The van der Waals surface area contributed by atoms with E-state index in [0.717, 1.165) is 55.5 Å². The SMILES string of the molecule is CNCC1CCN(C(=O)CCc2nc3sc4c(c3c(=O)[nH]2)CCC(C)C4)C1. The summed E-state index contributed by atoms with van der Waals surface area (Å²) in [4.78, 5) is 36.9. The van der Waals surface area contributed by atoms with Gasteiger partial charge in [-0.05, 0) is 56.7 Å². The van der Waals surface area contributed by atoms with Crippen LogP contribution >= 0.6 is 11.3 Å². The van der Waals surface area contributed by atoms with Gasteiger partial charge in [0, 0.05) is 30.8 Å². The molecular formula is C20H28N4O2S. The fourth-order valence-electron chi connectivity index (χ4n) is 4.41. The highest BCUT2D eigenvalue weighted by atomic mass is 32.1. The van der Waals surface area contributed by atoms with Crippen molar-refractivity contribution in [3.05, 3.63) is 26.6 Å². The number of rotatable bonds is 5. The molecule has 2 aliphatic rings. The molecule has 146 valence electrons. The molecule has 2 atom stereocenters. The molecule has 3 heterocycles. The van der Waals surface area contributed by atoms with Crippen LogP contribution in [0.4, 0.5) is 0 Å². The molecule has 4 rings (SSSR count). The maximum atomic E-state index is 12.6. The Kier molecular flexibility index (Phi) is 5.32. The Labute approximate surface area is 163 Å². The molecule has 2 aromatic rings. The zero-order valence-corrected chi connectivity index (χ0v) is 17.0. The minimum Gasteiger partial charge on any atom is -0.342 e. The van der Waals surface area contributed by atoms with E-state index in [1.54, 1.807) is 11.3 Å². The minimum absolute atomic E-state index is 0.0373. The van der Waals surface area contributed by atoms with Crippen LogP contribution in [0.25, 0.3) is 10.2 Å². The van der Waals surface area contributed by atoms with Gasteiger partial charge in [0.1, 0.15) is 10.7 Å². The van der Waals surface area contributed by atoms with E-state index in [0.29, 0.717) is 30.5 Å². The largest absolute Gasteiger partial charge is 0.342 e. The Morgan fingerprint density at radius 3 is 3.07 bits per heavy atom. The van der Waals surface area contributed by atoms with E-state index in [2.05, 4.69) is 17.2 Å². The lowest BCUT2D eigenvalue weighted by Gasteiger charge is -2.17. The van der Waals surface area contributed by atoms with Gasteiger partial charge in [-0.15, -0.1) is 11.3 Å². The Balaban J connectivity index is 1.45. The second-order valence-corrected chi connectivity index (χ2v) is 9.18. The predicted molar refractivity (Wildman–Crippen MR) is 108 cm³/mol. The molecule has 2 N–H and O–H groups in total. The molecule has 0 bridgehead atoms. The number of hydrogen-bond donors (Lipinski definition) is 2. The zero-order valence-electron chi connectivity index (χ0n) is 16.1. The third-order valence-corrected chi connectivity index (χ3v) is 7.07. The second kappa shape index (κ2) is 7.72. The van der Waals surface area contributed by atoms with Crippen molar-refractivity contribution in [1.29, 1.82) is 0 Å². The molecule has 7 heteroatoms. The Morgan fingerprint density at radius 2 is 2.26 bits per heavy atom. The number of hydrogen-bond acceptors (Lipinski definition) is 5. The van der Waals surface area contributed by atoms with Gasteiger partial charge in [0.25, 0.3) is 5.56 Å². The molecule has 2 unspecified atom stereocenters. The summed E-state index contributed by atoms with van der Waals surface area (Å²) in [7, 11) is 1.95. The number of H-pyrrole nitrogens is 1. The van der Waals surface area contributed by atoms with E-state index >= 15 is 0 Å². The molecule has 0 spiro atoms. The molecule has 1 aliphatic carbocycles. The highest BCUT2D eigenvalue weighted by molar-refractivity contribution is 7.18. The predicted octanol–water partition coefficient (Wildman–Crippen LogP) is 2.11. The van der Waals surface area contributed by atoms with E-state index in [-0.39, 0.29) is 11.5 Å². The van der Waals surface area contributed by atoms with Crippen LogP contribution in [0.5, 0.6) is 0 Å². The fourth-order valence-corrected chi connectivity index (χ4v) is 5.81. The van der Waals surface area contributed by atoms with Gasteiger partial charge in [-0.2, -0.15) is 0 Å². The first-order valence-electron chi connectivity index (χ1n) is 10.0. The lowest BCUT2D eigenvalue weighted by molar-refractivity contribution is -0.130. The quantitative estimate of drug-likeness (QED) is 0.822. The first kappa shape index (κ1) is 18.6. The van der Waals surface area contributed by atoms with Gasteiger partial charge in [0.15, 0.2) is 0 Å². The third kappa shape index (κ3) is 3.80. The van der Waals surface area contributed by atoms with Crippen LogP contribution in [0.3, 0.4) is 0 Å². The van der Waals surface area contributed by atoms with Crippen LogP contribution in [0.1, 0.15) is 42.5 Å². The summed E-state index contributed by atoms with van der Waals surface area (Å²) in [5.41, 5.74) is 1.17. The Hall–Kier alpha value is -1.73. The van der Waals surface area contributed by atoms with Crippen LogP contribution in [0.2, 0.25) is 0 Å². The number of carbonyl (C=O) groups is 1. The number of nitrogens with zero attached hydrogens (tertiary/aromatic N) is 2. The zero-order chi connectivity index (χ0) is 19.0. The van der Waals surface area contributed by atoms with Gasteiger partial charge < -0.3 is 15.2 Å². The summed E-state index contributed by atoms with van der Waals surface area (Å²) >= 11 is 1.66. The first-order valence-corrected chi connectivity index (χ1v) is 10.8. The van der Waals surface area contributed by atoms with E-state index in [9.17, 15) is 9.59 Å². The summed E-state index contributed by atoms with van der Waals surface area (Å²) in [6.07, 6.45) is 5.12. The molecule has 2 aromatic heterocycles. The van der Waals surface area contributed by atoms with Gasteiger partial charge in [-0.25, -0.2) is 4.98 Å². The van der Waals surface area contributed by atoms with Gasteiger partial charge in [-0.1, -0.05) is 6.92 Å². The molecule has 1 fully saturated rings. The number of aromatic amines is 1. The van der Waals surface area contributed by atoms with Gasteiger partial charge in [-0.3, -0.25) is 9.59 Å². The number of amides is 1. The lowest BCUT2D eigenvalue weighted by Crippen LogP contribution is -2.30. The van der Waals surface area contributed by atoms with Crippen LogP contribution in [0.15, 0.2) is 4.79 Å². The second-order valence-electron chi connectivity index (χ2n) is 8.10. The van der Waals surface area contributed by atoms with Crippen LogP contribution in [0, 0.1) is 11.8 Å². The van der Waals surface area contributed by atoms with Gasteiger partial charge in [0.05, 0.1) is 5.39 Å². The monoisotopic (exact) mass is 388 g/mol. The summed E-state index contributed by atoms with van der Waals surface area (Å²) in [6, 6.07) is 0. The Morgan fingerprint density at radius 1 is 1.41 bits per heavy atom. The molecule has 1 amide bonds. The average Bonchev–Trinajstić information content (AvgIpc) is 3.24. The molecule has 27 heavy (non-hydrogen) atoms. The number of aryl methyl sites for hydroxylation is 2. The topological polar surface area (TPSA) is 78.1 Å². The van der Waals surface area contributed by atoms with Crippen molar-refractivity contribution in [3.8, 4) is 0 Å². The number of thiophene rings is 1. The Bertz CT molecular complexity index is 903. The van der Waals surface area contributed by atoms with Gasteiger partial charge >= 0.3 is 0 Å². The fraction of sp³-hybridized carbons (Fsp3) is 0.650. The third-order valence-electron chi connectivity index (χ3n) is 5.92. The standard InChI is InChI=1S/C20H28N4O2S/c1-12-3-4-14-15(9-12)27-20-18(14)19(26)22-16(23-20)5-6-17(25)24-8-7-13(11-24)10-21-2/h12-13,21H,3-11H2,1-2H3,(H,22,23,26). The van der Waals surface area contributed by atoms with Gasteiger partial charge in [0.2, 0.25) is 5.91 Å². The lowest BCUT2D eigenvalue weighted by atomic mass is 9.89. The summed E-state index contributed by atoms with van der Waals surface area (Å²) < 4.78 is 0. The molecule has 1 saturated heterocycles. The summed E-state index contributed by atoms with van der Waals surface area (Å²) in [5.74, 6) is 2.02. The van der Waals surface area contributed by atoms with Crippen molar-refractivity contribution in [2.75, 3.05) is 26.7 Å². The molecule has 0 saturated carbocycles. The van der Waals surface area contributed by atoms with E-state index in [4.69, 9.17) is 4.98 Å². The van der Waals surface area contributed by atoms with E-state index in [1.807, 2.05) is 11.9 Å². The maximum absolute atomic E-state index is 12.6. The van der Waals surface area contributed by atoms with Crippen molar-refractivity contribution in [1.82, 2.24) is 20.2 Å². The number of aromatic nitrogens is 2.